The van der Waals surface area contributed by atoms with Crippen molar-refractivity contribution in [3.8, 4) is 0 Å². The molecule has 0 atom stereocenters. The number of nitrogens with one attached hydrogen (secondary N) is 1. The third-order valence-electron chi connectivity index (χ3n) is 4.31. The van der Waals surface area contributed by atoms with E-state index in [9.17, 15) is 9.59 Å². The van der Waals surface area contributed by atoms with E-state index in [1.807, 2.05) is 32.0 Å². The Bertz CT molecular complexity index is 548. The minimum Gasteiger partial charge on any atom is -0.352 e. The van der Waals surface area contributed by atoms with Gasteiger partial charge in [-0.15, -0.1) is 0 Å². The lowest BCUT2D eigenvalue weighted by atomic mass is 9.95. The number of carbonyl (C=O) groups is 2. The van der Waals surface area contributed by atoms with Gasteiger partial charge in [-0.2, -0.15) is 0 Å². The van der Waals surface area contributed by atoms with Crippen molar-refractivity contribution in [1.82, 2.24) is 5.32 Å². The van der Waals surface area contributed by atoms with Crippen LogP contribution in [0, 0.1) is 13.8 Å². The van der Waals surface area contributed by atoms with Crippen molar-refractivity contribution in [2.75, 3.05) is 11.4 Å². The van der Waals surface area contributed by atoms with E-state index in [-0.39, 0.29) is 24.4 Å². The maximum absolute atomic E-state index is 12.3. The Morgan fingerprint density at radius 1 is 1.18 bits per heavy atom. The van der Waals surface area contributed by atoms with Gasteiger partial charge in [-0.3, -0.25) is 9.59 Å². The molecule has 1 aliphatic rings. The highest BCUT2D eigenvalue weighted by atomic mass is 16.2. The molecule has 1 aromatic rings. The van der Waals surface area contributed by atoms with Crippen molar-refractivity contribution < 1.29 is 9.59 Å². The minimum atomic E-state index is -0.104. The first-order valence-electron chi connectivity index (χ1n) is 8.12. The molecule has 1 aliphatic carbocycles. The molecule has 0 bridgehead atoms. The number of rotatable bonds is 4. The number of carbonyl (C=O) groups excluding carboxylic acids is 2. The van der Waals surface area contributed by atoms with E-state index in [0.717, 1.165) is 29.7 Å². The number of amides is 2. The average Bonchev–Trinajstić information content (AvgIpc) is 2.48. The minimum absolute atomic E-state index is 0.0667. The summed E-state index contributed by atoms with van der Waals surface area (Å²) in [6.45, 7) is 5.55. The molecule has 0 unspecified atom stereocenters. The zero-order valence-corrected chi connectivity index (χ0v) is 13.8. The van der Waals surface area contributed by atoms with E-state index in [4.69, 9.17) is 0 Å². The summed E-state index contributed by atoms with van der Waals surface area (Å²) in [7, 11) is 0. The van der Waals surface area contributed by atoms with Gasteiger partial charge in [0.15, 0.2) is 0 Å². The first-order chi connectivity index (χ1) is 10.5. The largest absolute Gasteiger partial charge is 0.352 e. The fourth-order valence-corrected chi connectivity index (χ4v) is 3.04. The molecule has 0 radical (unpaired) electrons. The van der Waals surface area contributed by atoms with Gasteiger partial charge in [-0.25, -0.2) is 0 Å². The fourth-order valence-electron chi connectivity index (χ4n) is 3.04. The van der Waals surface area contributed by atoms with Gasteiger partial charge in [0.2, 0.25) is 11.8 Å². The van der Waals surface area contributed by atoms with Gasteiger partial charge in [-0.1, -0.05) is 31.4 Å². The molecule has 0 aliphatic heterocycles. The SMILES string of the molecule is CC(=O)N(CC(=O)NC1CCCCC1)c1cc(C)ccc1C. The Labute approximate surface area is 132 Å². The molecular weight excluding hydrogens is 276 g/mol. The van der Waals surface area contributed by atoms with Crippen molar-refractivity contribution in [3.05, 3.63) is 29.3 Å². The number of hydrogen-bond acceptors (Lipinski definition) is 2. The van der Waals surface area contributed by atoms with Crippen LogP contribution in [0.25, 0.3) is 0 Å². The van der Waals surface area contributed by atoms with Crippen LogP contribution in [0.4, 0.5) is 5.69 Å². The second-order valence-corrected chi connectivity index (χ2v) is 6.30. The van der Waals surface area contributed by atoms with Crippen molar-refractivity contribution in [1.29, 1.82) is 0 Å². The normalized spacial score (nSPS) is 15.4. The predicted molar refractivity (Wildman–Crippen MR) is 89.0 cm³/mol. The summed E-state index contributed by atoms with van der Waals surface area (Å²) in [6.07, 6.45) is 5.72. The highest BCUT2D eigenvalue weighted by Gasteiger charge is 2.20. The fraction of sp³-hybridized carbons (Fsp3) is 0.556. The highest BCUT2D eigenvalue weighted by molar-refractivity contribution is 5.98. The Hall–Kier alpha value is -1.84. The molecule has 4 nitrogen and oxygen atoms in total. The molecule has 120 valence electrons. The number of anilines is 1. The number of aryl methyl sites for hydroxylation is 2. The molecule has 2 rings (SSSR count). The topological polar surface area (TPSA) is 49.4 Å². The summed E-state index contributed by atoms with van der Waals surface area (Å²) in [5.41, 5.74) is 2.91. The van der Waals surface area contributed by atoms with Crippen LogP contribution < -0.4 is 10.2 Å². The van der Waals surface area contributed by atoms with Gasteiger partial charge in [0.1, 0.15) is 6.54 Å². The third-order valence-corrected chi connectivity index (χ3v) is 4.31. The maximum Gasteiger partial charge on any atom is 0.240 e. The lowest BCUT2D eigenvalue weighted by molar-refractivity contribution is -0.123. The van der Waals surface area contributed by atoms with Gasteiger partial charge in [0.05, 0.1) is 0 Å². The van der Waals surface area contributed by atoms with Gasteiger partial charge in [-0.05, 0) is 43.9 Å². The van der Waals surface area contributed by atoms with Gasteiger partial charge >= 0.3 is 0 Å². The summed E-state index contributed by atoms with van der Waals surface area (Å²) >= 11 is 0. The van der Waals surface area contributed by atoms with Crippen molar-refractivity contribution in [2.24, 2.45) is 0 Å². The molecule has 0 saturated heterocycles. The maximum atomic E-state index is 12.3. The van der Waals surface area contributed by atoms with E-state index >= 15 is 0 Å². The van der Waals surface area contributed by atoms with Crippen molar-refractivity contribution in [2.45, 2.75) is 58.9 Å². The molecule has 1 N–H and O–H groups in total. The number of hydrogen-bond donors (Lipinski definition) is 1. The monoisotopic (exact) mass is 302 g/mol. The highest BCUT2D eigenvalue weighted by Crippen LogP contribution is 2.22. The summed E-state index contributed by atoms with van der Waals surface area (Å²) in [6, 6.07) is 6.23. The third kappa shape index (κ3) is 4.33. The number of nitrogens with zero attached hydrogens (tertiary/aromatic N) is 1. The van der Waals surface area contributed by atoms with Crippen LogP contribution in [0.2, 0.25) is 0 Å². The summed E-state index contributed by atoms with van der Waals surface area (Å²) < 4.78 is 0. The second-order valence-electron chi connectivity index (χ2n) is 6.30. The predicted octanol–water partition coefficient (Wildman–Crippen LogP) is 3.11. The van der Waals surface area contributed by atoms with Gasteiger partial charge in [0.25, 0.3) is 0 Å². The van der Waals surface area contributed by atoms with Crippen LogP contribution in [0.1, 0.15) is 50.2 Å². The van der Waals surface area contributed by atoms with E-state index < -0.39 is 0 Å². The summed E-state index contributed by atoms with van der Waals surface area (Å²) in [5.74, 6) is -0.171. The molecule has 0 heterocycles. The second kappa shape index (κ2) is 7.43. The first kappa shape index (κ1) is 16.5. The first-order valence-corrected chi connectivity index (χ1v) is 8.12. The Kier molecular flexibility index (Phi) is 5.58. The summed E-state index contributed by atoms with van der Waals surface area (Å²) in [4.78, 5) is 25.8. The smallest absolute Gasteiger partial charge is 0.240 e. The Balaban J connectivity index is 2.06. The Morgan fingerprint density at radius 2 is 1.86 bits per heavy atom. The van der Waals surface area contributed by atoms with Crippen LogP contribution in [0.5, 0.6) is 0 Å². The van der Waals surface area contributed by atoms with Gasteiger partial charge < -0.3 is 10.2 Å². The molecule has 22 heavy (non-hydrogen) atoms. The molecule has 1 saturated carbocycles. The van der Waals surface area contributed by atoms with Crippen molar-refractivity contribution in [3.63, 3.8) is 0 Å². The van der Waals surface area contributed by atoms with Crippen LogP contribution in [-0.4, -0.2) is 24.4 Å². The lowest BCUT2D eigenvalue weighted by Crippen LogP contribution is -2.44. The number of benzene rings is 1. The van der Waals surface area contributed by atoms with Crippen LogP contribution in [-0.2, 0) is 9.59 Å². The zero-order valence-electron chi connectivity index (χ0n) is 13.8. The Morgan fingerprint density at radius 3 is 2.50 bits per heavy atom. The van der Waals surface area contributed by atoms with E-state index in [2.05, 4.69) is 5.32 Å². The van der Waals surface area contributed by atoms with Crippen molar-refractivity contribution >= 4 is 17.5 Å². The molecule has 1 fully saturated rings. The molecule has 0 aromatic heterocycles. The van der Waals surface area contributed by atoms with Crippen LogP contribution in [0.15, 0.2) is 18.2 Å². The van der Waals surface area contributed by atoms with E-state index in [1.165, 1.54) is 26.2 Å². The zero-order chi connectivity index (χ0) is 16.1. The molecule has 0 spiro atoms. The molecule has 2 amide bonds. The standard InChI is InChI=1S/C18H26N2O2/c1-13-9-10-14(2)17(11-13)20(15(3)21)12-18(22)19-16-7-5-4-6-8-16/h9-11,16H,4-8,12H2,1-3H3,(H,19,22). The van der Waals surface area contributed by atoms with E-state index in [1.54, 1.807) is 4.90 Å². The lowest BCUT2D eigenvalue weighted by Gasteiger charge is -2.26. The van der Waals surface area contributed by atoms with Gasteiger partial charge in [0, 0.05) is 18.7 Å². The average molecular weight is 302 g/mol. The molecule has 1 aromatic carbocycles. The quantitative estimate of drug-likeness (QED) is 0.929. The summed E-state index contributed by atoms with van der Waals surface area (Å²) in [5, 5.41) is 3.08. The molecular formula is C18H26N2O2. The van der Waals surface area contributed by atoms with Crippen LogP contribution in [0.3, 0.4) is 0 Å². The van der Waals surface area contributed by atoms with E-state index in [0.29, 0.717) is 0 Å². The molecule has 4 heteroatoms. The van der Waals surface area contributed by atoms with Crippen LogP contribution >= 0.6 is 0 Å².